The molecule has 0 saturated carbocycles. The Morgan fingerprint density at radius 1 is 1.13 bits per heavy atom. The van der Waals surface area contributed by atoms with Gasteiger partial charge in [0.2, 0.25) is 0 Å². The lowest BCUT2D eigenvalue weighted by Crippen LogP contribution is -2.34. The number of alkyl halides is 1. The fourth-order valence-corrected chi connectivity index (χ4v) is 4.49. The van der Waals surface area contributed by atoms with Gasteiger partial charge in [0.1, 0.15) is 28.7 Å². The predicted octanol–water partition coefficient (Wildman–Crippen LogP) is 4.33. The van der Waals surface area contributed by atoms with Gasteiger partial charge in [-0.15, -0.1) is 11.6 Å². The molecule has 1 spiro atoms. The first kappa shape index (κ1) is 19.3. The average molecular weight is 439 g/mol. The maximum atomic E-state index is 12.9. The predicted molar refractivity (Wildman–Crippen MR) is 109 cm³/mol. The quantitative estimate of drug-likeness (QED) is 0.349. The van der Waals surface area contributed by atoms with E-state index in [0.29, 0.717) is 22.3 Å². The van der Waals surface area contributed by atoms with E-state index in [1.54, 1.807) is 30.3 Å². The number of hydrogen-bond acceptors (Lipinski definition) is 7. The van der Waals surface area contributed by atoms with E-state index in [2.05, 4.69) is 0 Å². The maximum absolute atomic E-state index is 12.9. The minimum atomic E-state index is -1.54. The van der Waals surface area contributed by atoms with Crippen molar-refractivity contribution in [2.75, 3.05) is 0 Å². The monoisotopic (exact) mass is 438 g/mol. The zero-order valence-electron chi connectivity index (χ0n) is 16.1. The van der Waals surface area contributed by atoms with Crippen LogP contribution in [0.2, 0.25) is 0 Å². The summed E-state index contributed by atoms with van der Waals surface area (Å²) in [5.41, 5.74) is 0.258. The fraction of sp³-hybridized carbons (Fsp3) is 0.130. The lowest BCUT2D eigenvalue weighted by atomic mass is 9.76. The van der Waals surface area contributed by atoms with E-state index in [-0.39, 0.29) is 40.2 Å². The Hall–Kier alpha value is -3.71. The summed E-state index contributed by atoms with van der Waals surface area (Å²) in [5.74, 6) is -1.31. The Balaban J connectivity index is 1.94. The van der Waals surface area contributed by atoms with Gasteiger partial charge in [-0.25, -0.2) is 4.79 Å². The lowest BCUT2D eigenvalue weighted by molar-refractivity contribution is -0.132. The standard InChI is InChI=1S/C23H15ClO7/c1-11(25)29-18-8-12(26)9-19-20(18)23(15-5-3-2-4-13(15)22(28)31-23)16-6-7-17(27)14(10-24)21(16)30-19/h2-9,26-27H,10H2,1H3. The van der Waals surface area contributed by atoms with Crippen molar-refractivity contribution in [2.45, 2.75) is 18.4 Å². The van der Waals surface area contributed by atoms with Gasteiger partial charge in [0.25, 0.3) is 0 Å². The maximum Gasteiger partial charge on any atom is 0.340 e. The molecule has 0 fully saturated rings. The molecule has 2 aliphatic heterocycles. The first-order valence-corrected chi connectivity index (χ1v) is 9.88. The zero-order chi connectivity index (χ0) is 21.9. The topological polar surface area (TPSA) is 102 Å². The second kappa shape index (κ2) is 6.65. The van der Waals surface area contributed by atoms with E-state index in [1.807, 2.05) is 0 Å². The Bertz CT molecular complexity index is 1280. The number of fused-ring (bicyclic) bond motifs is 6. The molecule has 5 rings (SSSR count). The molecule has 156 valence electrons. The van der Waals surface area contributed by atoms with Crippen molar-refractivity contribution < 1.29 is 34.0 Å². The molecule has 3 aromatic rings. The molecule has 1 unspecified atom stereocenters. The first-order valence-electron chi connectivity index (χ1n) is 9.34. The highest BCUT2D eigenvalue weighted by atomic mass is 35.5. The second-order valence-electron chi connectivity index (χ2n) is 7.20. The molecule has 0 aliphatic carbocycles. The van der Waals surface area contributed by atoms with E-state index in [4.69, 9.17) is 25.8 Å². The number of phenolic OH excluding ortho intramolecular Hbond substituents is 2. The Morgan fingerprint density at radius 3 is 2.65 bits per heavy atom. The number of carbonyl (C=O) groups is 2. The SMILES string of the molecule is CC(=O)Oc1cc(O)cc2c1C1(OC(=O)c3ccccc31)c1ccc(O)c(CCl)c1O2. The van der Waals surface area contributed by atoms with Gasteiger partial charge in [-0.1, -0.05) is 18.2 Å². The largest absolute Gasteiger partial charge is 0.508 e. The molecule has 0 radical (unpaired) electrons. The summed E-state index contributed by atoms with van der Waals surface area (Å²) in [6.45, 7) is 1.22. The van der Waals surface area contributed by atoms with E-state index >= 15 is 0 Å². The molecule has 2 heterocycles. The van der Waals surface area contributed by atoms with Crippen LogP contribution in [0.4, 0.5) is 0 Å². The van der Waals surface area contributed by atoms with Crippen LogP contribution in [-0.4, -0.2) is 22.2 Å². The van der Waals surface area contributed by atoms with Crippen molar-refractivity contribution >= 4 is 23.5 Å². The van der Waals surface area contributed by atoms with Crippen LogP contribution < -0.4 is 9.47 Å². The summed E-state index contributed by atoms with van der Waals surface area (Å²) in [5, 5.41) is 20.6. The molecule has 2 N–H and O–H groups in total. The van der Waals surface area contributed by atoms with Gasteiger partial charge >= 0.3 is 11.9 Å². The smallest absolute Gasteiger partial charge is 0.340 e. The minimum absolute atomic E-state index is 0.0156. The summed E-state index contributed by atoms with van der Waals surface area (Å²) in [6.07, 6.45) is 0. The molecule has 1 atom stereocenters. The molecule has 3 aromatic carbocycles. The number of halogens is 1. The zero-order valence-corrected chi connectivity index (χ0v) is 16.9. The van der Waals surface area contributed by atoms with Gasteiger partial charge in [0.05, 0.1) is 22.6 Å². The van der Waals surface area contributed by atoms with E-state index < -0.39 is 17.5 Å². The van der Waals surface area contributed by atoms with Crippen molar-refractivity contribution in [3.05, 3.63) is 76.3 Å². The summed E-state index contributed by atoms with van der Waals surface area (Å²) < 4.78 is 17.4. The van der Waals surface area contributed by atoms with Crippen LogP contribution in [0.5, 0.6) is 28.7 Å². The van der Waals surface area contributed by atoms with Crippen LogP contribution in [-0.2, 0) is 21.0 Å². The van der Waals surface area contributed by atoms with E-state index in [1.165, 1.54) is 25.1 Å². The van der Waals surface area contributed by atoms with E-state index in [0.717, 1.165) is 0 Å². The number of phenols is 2. The van der Waals surface area contributed by atoms with Gasteiger partial charge in [-0.05, 0) is 18.2 Å². The molecule has 31 heavy (non-hydrogen) atoms. The summed E-state index contributed by atoms with van der Waals surface area (Å²) >= 11 is 6.09. The van der Waals surface area contributed by atoms with Crippen molar-refractivity contribution in [2.24, 2.45) is 0 Å². The number of aromatic hydroxyl groups is 2. The van der Waals surface area contributed by atoms with Crippen LogP contribution in [0.15, 0.2) is 48.5 Å². The Labute approximate surface area is 181 Å². The van der Waals surface area contributed by atoms with Crippen molar-refractivity contribution in [1.82, 2.24) is 0 Å². The van der Waals surface area contributed by atoms with Crippen molar-refractivity contribution in [3.8, 4) is 28.7 Å². The van der Waals surface area contributed by atoms with Crippen LogP contribution in [0.25, 0.3) is 0 Å². The molecule has 2 aliphatic rings. The van der Waals surface area contributed by atoms with Crippen LogP contribution >= 0.6 is 11.6 Å². The normalized spacial score (nSPS) is 17.9. The minimum Gasteiger partial charge on any atom is -0.508 e. The summed E-state index contributed by atoms with van der Waals surface area (Å²) in [7, 11) is 0. The summed E-state index contributed by atoms with van der Waals surface area (Å²) in [4.78, 5) is 24.7. The van der Waals surface area contributed by atoms with Crippen LogP contribution in [0.3, 0.4) is 0 Å². The van der Waals surface area contributed by atoms with Crippen molar-refractivity contribution in [1.29, 1.82) is 0 Å². The second-order valence-corrected chi connectivity index (χ2v) is 7.47. The number of esters is 2. The molecule has 8 heteroatoms. The Kier molecular flexibility index (Phi) is 4.13. The van der Waals surface area contributed by atoms with Gasteiger partial charge in [0, 0.05) is 30.2 Å². The number of ether oxygens (including phenoxy) is 3. The van der Waals surface area contributed by atoms with Crippen LogP contribution in [0.1, 0.15) is 39.5 Å². The molecular weight excluding hydrogens is 424 g/mol. The highest BCUT2D eigenvalue weighted by Gasteiger charge is 2.56. The van der Waals surface area contributed by atoms with Crippen molar-refractivity contribution in [3.63, 3.8) is 0 Å². The summed E-state index contributed by atoms with van der Waals surface area (Å²) in [6, 6.07) is 12.4. The van der Waals surface area contributed by atoms with Gasteiger partial charge in [-0.3, -0.25) is 4.79 Å². The molecule has 0 amide bonds. The molecule has 0 saturated heterocycles. The third-order valence-corrected chi connectivity index (χ3v) is 5.66. The average Bonchev–Trinajstić information content (AvgIpc) is 3.00. The lowest BCUT2D eigenvalue weighted by Gasteiger charge is -2.38. The number of carbonyl (C=O) groups excluding carboxylic acids is 2. The van der Waals surface area contributed by atoms with Crippen LogP contribution in [0, 0.1) is 0 Å². The highest BCUT2D eigenvalue weighted by Crippen LogP contribution is 2.60. The molecule has 0 bridgehead atoms. The highest BCUT2D eigenvalue weighted by molar-refractivity contribution is 6.17. The Morgan fingerprint density at radius 2 is 1.90 bits per heavy atom. The first-order chi connectivity index (χ1) is 14.9. The molecule has 0 aromatic heterocycles. The number of rotatable bonds is 2. The number of benzene rings is 3. The third kappa shape index (κ3) is 2.60. The fourth-order valence-electron chi connectivity index (χ4n) is 4.23. The number of hydrogen-bond donors (Lipinski definition) is 2. The molecular formula is C23H15ClO7. The van der Waals surface area contributed by atoms with Gasteiger partial charge in [0.15, 0.2) is 5.60 Å². The van der Waals surface area contributed by atoms with Gasteiger partial charge in [-0.2, -0.15) is 0 Å². The van der Waals surface area contributed by atoms with E-state index in [9.17, 15) is 19.8 Å². The van der Waals surface area contributed by atoms with Gasteiger partial charge < -0.3 is 24.4 Å². The third-order valence-electron chi connectivity index (χ3n) is 5.39. The molecule has 7 nitrogen and oxygen atoms in total.